The molecule has 30 heavy (non-hydrogen) atoms. The number of aryl methyl sites for hydroxylation is 1. The molecular formula is C22H26N4O4. The minimum absolute atomic E-state index is 0.139. The summed E-state index contributed by atoms with van der Waals surface area (Å²) in [6, 6.07) is 11.0. The molecule has 2 aliphatic heterocycles. The van der Waals surface area contributed by atoms with Gasteiger partial charge in [-0.05, 0) is 43.2 Å². The summed E-state index contributed by atoms with van der Waals surface area (Å²) in [7, 11) is 0. The maximum Gasteiger partial charge on any atom is 0.317 e. The van der Waals surface area contributed by atoms with E-state index in [-0.39, 0.29) is 17.8 Å². The number of hydrogen-bond acceptors (Lipinski definition) is 4. The summed E-state index contributed by atoms with van der Waals surface area (Å²) in [5.74, 6) is 1.07. The molecule has 0 aliphatic carbocycles. The van der Waals surface area contributed by atoms with Crippen molar-refractivity contribution in [2.45, 2.75) is 26.3 Å². The van der Waals surface area contributed by atoms with Crippen molar-refractivity contribution >= 4 is 23.5 Å². The van der Waals surface area contributed by atoms with Gasteiger partial charge in [0, 0.05) is 51.4 Å². The fourth-order valence-corrected chi connectivity index (χ4v) is 3.82. The SMILES string of the molecule is Cc1ccc(C(=O)N2CCN(C(=O)NCc3ccc(N4CCCC4=O)cc3)CC2)o1. The monoisotopic (exact) mass is 410 g/mol. The normalized spacial score (nSPS) is 16.8. The van der Waals surface area contributed by atoms with Gasteiger partial charge in [-0.15, -0.1) is 0 Å². The molecule has 1 N–H and O–H groups in total. The van der Waals surface area contributed by atoms with Crippen molar-refractivity contribution < 1.29 is 18.8 Å². The van der Waals surface area contributed by atoms with E-state index in [9.17, 15) is 14.4 Å². The zero-order valence-electron chi connectivity index (χ0n) is 17.1. The molecular weight excluding hydrogens is 384 g/mol. The molecule has 8 heteroatoms. The van der Waals surface area contributed by atoms with Gasteiger partial charge in [0.1, 0.15) is 5.76 Å². The average molecular weight is 410 g/mol. The molecule has 1 aromatic heterocycles. The lowest BCUT2D eigenvalue weighted by molar-refractivity contribution is -0.117. The third kappa shape index (κ3) is 4.32. The van der Waals surface area contributed by atoms with Gasteiger partial charge in [-0.3, -0.25) is 9.59 Å². The first-order valence-corrected chi connectivity index (χ1v) is 10.3. The quantitative estimate of drug-likeness (QED) is 0.839. The number of piperazine rings is 1. The van der Waals surface area contributed by atoms with Crippen molar-refractivity contribution in [2.24, 2.45) is 0 Å². The molecule has 0 unspecified atom stereocenters. The third-order valence-electron chi connectivity index (χ3n) is 5.57. The Morgan fingerprint density at radius 3 is 2.27 bits per heavy atom. The van der Waals surface area contributed by atoms with E-state index in [1.807, 2.05) is 24.3 Å². The molecule has 8 nitrogen and oxygen atoms in total. The molecule has 0 bridgehead atoms. The second-order valence-corrected chi connectivity index (χ2v) is 7.66. The number of amides is 4. The topological polar surface area (TPSA) is 86.1 Å². The Kier molecular flexibility index (Phi) is 5.74. The summed E-state index contributed by atoms with van der Waals surface area (Å²) in [4.78, 5) is 42.0. The van der Waals surface area contributed by atoms with Gasteiger partial charge in [0.25, 0.3) is 5.91 Å². The van der Waals surface area contributed by atoms with Crippen LogP contribution in [0, 0.1) is 6.92 Å². The molecule has 2 aliphatic rings. The Morgan fingerprint density at radius 1 is 0.967 bits per heavy atom. The molecule has 0 spiro atoms. The molecule has 158 valence electrons. The first-order valence-electron chi connectivity index (χ1n) is 10.3. The number of anilines is 1. The van der Waals surface area contributed by atoms with Crippen LogP contribution in [0.4, 0.5) is 10.5 Å². The number of nitrogens with one attached hydrogen (secondary N) is 1. The highest BCUT2D eigenvalue weighted by Crippen LogP contribution is 2.21. The maximum absolute atomic E-state index is 12.5. The van der Waals surface area contributed by atoms with E-state index >= 15 is 0 Å². The van der Waals surface area contributed by atoms with Gasteiger partial charge in [0.15, 0.2) is 5.76 Å². The molecule has 2 fully saturated rings. The molecule has 0 atom stereocenters. The Hall–Kier alpha value is -3.29. The van der Waals surface area contributed by atoms with E-state index in [1.54, 1.807) is 33.8 Å². The summed E-state index contributed by atoms with van der Waals surface area (Å²) >= 11 is 0. The van der Waals surface area contributed by atoms with E-state index in [4.69, 9.17) is 4.42 Å². The van der Waals surface area contributed by atoms with E-state index in [2.05, 4.69) is 5.32 Å². The second-order valence-electron chi connectivity index (χ2n) is 7.66. The van der Waals surface area contributed by atoms with Crippen LogP contribution in [-0.2, 0) is 11.3 Å². The second kappa shape index (κ2) is 8.61. The summed E-state index contributed by atoms with van der Waals surface area (Å²) < 4.78 is 5.40. The van der Waals surface area contributed by atoms with Crippen LogP contribution in [0.5, 0.6) is 0 Å². The smallest absolute Gasteiger partial charge is 0.317 e. The largest absolute Gasteiger partial charge is 0.456 e. The van der Waals surface area contributed by atoms with Gasteiger partial charge in [-0.25, -0.2) is 4.79 Å². The minimum atomic E-state index is -0.144. The first-order chi connectivity index (χ1) is 14.5. The van der Waals surface area contributed by atoms with Crippen LogP contribution in [-0.4, -0.2) is 60.4 Å². The van der Waals surface area contributed by atoms with Crippen LogP contribution < -0.4 is 10.2 Å². The van der Waals surface area contributed by atoms with E-state index in [0.29, 0.717) is 50.7 Å². The number of benzene rings is 1. The Balaban J connectivity index is 1.24. The predicted octanol–water partition coefficient (Wildman–Crippen LogP) is 2.38. The lowest BCUT2D eigenvalue weighted by Gasteiger charge is -2.34. The van der Waals surface area contributed by atoms with E-state index in [1.165, 1.54) is 0 Å². The van der Waals surface area contributed by atoms with Crippen molar-refractivity contribution in [2.75, 3.05) is 37.6 Å². The van der Waals surface area contributed by atoms with Gasteiger partial charge in [0.2, 0.25) is 5.91 Å². The van der Waals surface area contributed by atoms with E-state index < -0.39 is 0 Å². The average Bonchev–Trinajstić information content (AvgIpc) is 3.40. The van der Waals surface area contributed by atoms with Crippen molar-refractivity contribution in [3.05, 3.63) is 53.5 Å². The summed E-state index contributed by atoms with van der Waals surface area (Å²) in [5.41, 5.74) is 1.88. The highest BCUT2D eigenvalue weighted by molar-refractivity contribution is 5.95. The first kappa shape index (κ1) is 20.0. The number of nitrogens with zero attached hydrogens (tertiary/aromatic N) is 3. The molecule has 2 saturated heterocycles. The zero-order chi connectivity index (χ0) is 21.1. The standard InChI is InChI=1S/C22H26N4O4/c1-16-4-9-19(30-16)21(28)24-11-13-25(14-12-24)22(29)23-15-17-5-7-18(8-6-17)26-10-2-3-20(26)27/h4-9H,2-3,10-15H2,1H3,(H,23,29). The fourth-order valence-electron chi connectivity index (χ4n) is 3.82. The number of rotatable bonds is 4. The van der Waals surface area contributed by atoms with Crippen molar-refractivity contribution in [1.29, 1.82) is 0 Å². The van der Waals surface area contributed by atoms with Crippen LogP contribution in [0.3, 0.4) is 0 Å². The molecule has 4 rings (SSSR count). The van der Waals surface area contributed by atoms with Crippen LogP contribution in [0.1, 0.15) is 34.7 Å². The predicted molar refractivity (Wildman–Crippen MR) is 111 cm³/mol. The van der Waals surface area contributed by atoms with Gasteiger partial charge < -0.3 is 24.4 Å². The van der Waals surface area contributed by atoms with Gasteiger partial charge in [-0.1, -0.05) is 12.1 Å². The van der Waals surface area contributed by atoms with Gasteiger partial charge >= 0.3 is 6.03 Å². The number of hydrogen-bond donors (Lipinski definition) is 1. The van der Waals surface area contributed by atoms with Gasteiger partial charge in [-0.2, -0.15) is 0 Å². The van der Waals surface area contributed by atoms with Crippen molar-refractivity contribution in [3.63, 3.8) is 0 Å². The number of carbonyl (C=O) groups is 3. The van der Waals surface area contributed by atoms with Crippen molar-refractivity contribution in [3.8, 4) is 0 Å². The van der Waals surface area contributed by atoms with Crippen molar-refractivity contribution in [1.82, 2.24) is 15.1 Å². The molecule has 3 heterocycles. The number of urea groups is 1. The molecule has 0 saturated carbocycles. The highest BCUT2D eigenvalue weighted by atomic mass is 16.3. The van der Waals surface area contributed by atoms with Gasteiger partial charge in [0.05, 0.1) is 0 Å². The Bertz CT molecular complexity index is 929. The summed E-state index contributed by atoms with van der Waals surface area (Å²) in [5, 5.41) is 2.93. The minimum Gasteiger partial charge on any atom is -0.456 e. The van der Waals surface area contributed by atoms with Crippen LogP contribution >= 0.6 is 0 Å². The lowest BCUT2D eigenvalue weighted by atomic mass is 10.2. The fraction of sp³-hybridized carbons (Fsp3) is 0.409. The summed E-state index contributed by atoms with van der Waals surface area (Å²) in [6.07, 6.45) is 1.51. The molecule has 2 aromatic rings. The molecule has 4 amide bonds. The summed E-state index contributed by atoms with van der Waals surface area (Å²) in [6.45, 7) is 4.90. The Morgan fingerprint density at radius 2 is 1.67 bits per heavy atom. The third-order valence-corrected chi connectivity index (χ3v) is 5.57. The highest BCUT2D eigenvalue weighted by Gasteiger charge is 2.26. The van der Waals surface area contributed by atoms with Crippen LogP contribution in [0.15, 0.2) is 40.8 Å². The van der Waals surface area contributed by atoms with E-state index in [0.717, 1.165) is 24.2 Å². The number of furan rings is 1. The van der Waals surface area contributed by atoms with Crippen LogP contribution in [0.25, 0.3) is 0 Å². The van der Waals surface area contributed by atoms with Crippen LogP contribution in [0.2, 0.25) is 0 Å². The lowest BCUT2D eigenvalue weighted by Crippen LogP contribution is -2.53. The number of carbonyl (C=O) groups excluding carboxylic acids is 3. The molecule has 0 radical (unpaired) electrons. The Labute approximate surface area is 175 Å². The zero-order valence-corrected chi connectivity index (χ0v) is 17.1. The molecule has 1 aromatic carbocycles. The maximum atomic E-state index is 12.5.